The van der Waals surface area contributed by atoms with Gasteiger partial charge in [0.15, 0.2) is 0 Å². The van der Waals surface area contributed by atoms with Gasteiger partial charge in [0.1, 0.15) is 0 Å². The van der Waals surface area contributed by atoms with Gasteiger partial charge in [0.25, 0.3) is 0 Å². The van der Waals surface area contributed by atoms with E-state index in [1.807, 2.05) is 27.7 Å². The molecule has 1 aliphatic carbocycles. The van der Waals surface area contributed by atoms with E-state index in [4.69, 9.17) is 5.11 Å². The standard InChI is InChI=1S/C7H14O.2C2H6/c1-6-2-4-7(8)5-3-6;2*1-2/h6-8H,2-5H2,1H3;2*1-2H3. The zero-order valence-electron chi connectivity index (χ0n) is 9.43. The van der Waals surface area contributed by atoms with Crippen LogP contribution in [0.15, 0.2) is 0 Å². The first-order chi connectivity index (χ1) is 5.79. The van der Waals surface area contributed by atoms with E-state index in [0.29, 0.717) is 0 Å². The van der Waals surface area contributed by atoms with Crippen LogP contribution in [0.1, 0.15) is 60.3 Å². The smallest absolute Gasteiger partial charge is 0.0540 e. The molecule has 1 N–H and O–H groups in total. The van der Waals surface area contributed by atoms with E-state index in [9.17, 15) is 0 Å². The van der Waals surface area contributed by atoms with E-state index in [1.54, 1.807) is 0 Å². The van der Waals surface area contributed by atoms with Crippen molar-refractivity contribution in [2.24, 2.45) is 5.92 Å². The van der Waals surface area contributed by atoms with Crippen molar-refractivity contribution in [3.8, 4) is 0 Å². The Bertz CT molecular complexity index is 53.4. The number of rotatable bonds is 0. The molecule has 76 valence electrons. The Morgan fingerprint density at radius 2 is 1.17 bits per heavy atom. The SMILES string of the molecule is CC.CC.CC1CCC(O)CC1. The largest absolute Gasteiger partial charge is 0.393 e. The molecule has 0 amide bonds. The maximum atomic E-state index is 9.03. The lowest BCUT2D eigenvalue weighted by Crippen LogP contribution is -2.15. The Balaban J connectivity index is 0. The molecule has 0 atom stereocenters. The molecular weight excluding hydrogens is 148 g/mol. The van der Waals surface area contributed by atoms with Crippen molar-refractivity contribution in [3.05, 3.63) is 0 Å². The zero-order chi connectivity index (χ0) is 9.98. The van der Waals surface area contributed by atoms with E-state index in [0.717, 1.165) is 18.8 Å². The lowest BCUT2D eigenvalue weighted by Gasteiger charge is -2.21. The van der Waals surface area contributed by atoms with Crippen molar-refractivity contribution < 1.29 is 5.11 Å². The highest BCUT2D eigenvalue weighted by Gasteiger charge is 2.14. The van der Waals surface area contributed by atoms with Crippen LogP contribution in [-0.2, 0) is 0 Å². The van der Waals surface area contributed by atoms with Crippen molar-refractivity contribution in [2.45, 2.75) is 66.4 Å². The second-order valence-electron chi connectivity index (χ2n) is 2.91. The molecule has 0 bridgehead atoms. The summed E-state index contributed by atoms with van der Waals surface area (Å²) in [6.45, 7) is 10.3. The first-order valence-electron chi connectivity index (χ1n) is 5.47. The van der Waals surface area contributed by atoms with E-state index in [1.165, 1.54) is 12.8 Å². The summed E-state index contributed by atoms with van der Waals surface area (Å²) < 4.78 is 0. The Morgan fingerprint density at radius 3 is 1.42 bits per heavy atom. The van der Waals surface area contributed by atoms with Crippen LogP contribution in [-0.4, -0.2) is 11.2 Å². The number of aliphatic hydroxyl groups excluding tert-OH is 1. The van der Waals surface area contributed by atoms with E-state index in [-0.39, 0.29) is 6.10 Å². The van der Waals surface area contributed by atoms with E-state index >= 15 is 0 Å². The van der Waals surface area contributed by atoms with Crippen LogP contribution >= 0.6 is 0 Å². The Labute approximate surface area is 78.2 Å². The van der Waals surface area contributed by atoms with Gasteiger partial charge in [-0.3, -0.25) is 0 Å². The second kappa shape index (κ2) is 11.0. The topological polar surface area (TPSA) is 20.2 Å². The molecular formula is C11H26O. The van der Waals surface area contributed by atoms with Gasteiger partial charge in [0.05, 0.1) is 6.10 Å². The Hall–Kier alpha value is -0.0400. The van der Waals surface area contributed by atoms with Gasteiger partial charge in [-0.05, 0) is 31.6 Å². The maximum absolute atomic E-state index is 9.03. The third-order valence-electron chi connectivity index (χ3n) is 1.99. The van der Waals surface area contributed by atoms with Gasteiger partial charge in [-0.15, -0.1) is 0 Å². The third-order valence-corrected chi connectivity index (χ3v) is 1.99. The van der Waals surface area contributed by atoms with Gasteiger partial charge in [-0.1, -0.05) is 34.6 Å². The predicted molar refractivity (Wildman–Crippen MR) is 56.3 cm³/mol. The van der Waals surface area contributed by atoms with Crippen LogP contribution in [0.2, 0.25) is 0 Å². The zero-order valence-corrected chi connectivity index (χ0v) is 9.43. The summed E-state index contributed by atoms with van der Waals surface area (Å²) in [5.74, 6) is 0.860. The molecule has 0 spiro atoms. The van der Waals surface area contributed by atoms with Crippen molar-refractivity contribution in [2.75, 3.05) is 0 Å². The van der Waals surface area contributed by atoms with Crippen LogP contribution in [0.4, 0.5) is 0 Å². The van der Waals surface area contributed by atoms with Crippen molar-refractivity contribution >= 4 is 0 Å². The minimum absolute atomic E-state index is 0.0196. The molecule has 0 radical (unpaired) electrons. The van der Waals surface area contributed by atoms with Gasteiger partial charge in [0.2, 0.25) is 0 Å². The van der Waals surface area contributed by atoms with E-state index in [2.05, 4.69) is 6.92 Å². The molecule has 0 aliphatic heterocycles. The molecule has 0 heterocycles. The van der Waals surface area contributed by atoms with Crippen LogP contribution in [0, 0.1) is 5.92 Å². The van der Waals surface area contributed by atoms with Gasteiger partial charge in [-0.2, -0.15) is 0 Å². The lowest BCUT2D eigenvalue weighted by atomic mass is 9.89. The highest BCUT2D eigenvalue weighted by molar-refractivity contribution is 4.67. The summed E-state index contributed by atoms with van der Waals surface area (Å²) in [5, 5.41) is 9.03. The van der Waals surface area contributed by atoms with Gasteiger partial charge < -0.3 is 5.11 Å². The number of hydrogen-bond acceptors (Lipinski definition) is 1. The molecule has 1 rings (SSSR count). The summed E-state index contributed by atoms with van der Waals surface area (Å²) in [7, 11) is 0. The molecule has 1 aliphatic rings. The predicted octanol–water partition coefficient (Wildman–Crippen LogP) is 3.61. The molecule has 0 aromatic rings. The summed E-state index contributed by atoms with van der Waals surface area (Å²) in [4.78, 5) is 0. The van der Waals surface area contributed by atoms with Crippen LogP contribution in [0.25, 0.3) is 0 Å². The molecule has 0 saturated heterocycles. The molecule has 1 nitrogen and oxygen atoms in total. The monoisotopic (exact) mass is 174 g/mol. The average molecular weight is 174 g/mol. The first-order valence-corrected chi connectivity index (χ1v) is 5.47. The fourth-order valence-corrected chi connectivity index (χ4v) is 1.24. The summed E-state index contributed by atoms with van der Waals surface area (Å²) in [6, 6.07) is 0. The van der Waals surface area contributed by atoms with Crippen LogP contribution in [0.3, 0.4) is 0 Å². The first kappa shape index (κ1) is 14.5. The molecule has 0 aromatic carbocycles. The molecule has 0 unspecified atom stereocenters. The fraction of sp³-hybridized carbons (Fsp3) is 1.00. The minimum atomic E-state index is 0.0196. The highest BCUT2D eigenvalue weighted by atomic mass is 16.3. The van der Waals surface area contributed by atoms with E-state index < -0.39 is 0 Å². The molecule has 12 heavy (non-hydrogen) atoms. The van der Waals surface area contributed by atoms with Crippen molar-refractivity contribution in [3.63, 3.8) is 0 Å². The summed E-state index contributed by atoms with van der Waals surface area (Å²) >= 11 is 0. The molecule has 1 heteroatoms. The third kappa shape index (κ3) is 8.06. The average Bonchev–Trinajstić information content (AvgIpc) is 2.17. The second-order valence-corrected chi connectivity index (χ2v) is 2.91. The van der Waals surface area contributed by atoms with Gasteiger partial charge in [0, 0.05) is 0 Å². The fourth-order valence-electron chi connectivity index (χ4n) is 1.24. The number of hydrogen-bond donors (Lipinski definition) is 1. The minimum Gasteiger partial charge on any atom is -0.393 e. The lowest BCUT2D eigenvalue weighted by molar-refractivity contribution is 0.112. The Kier molecular flexibility index (Phi) is 13.2. The molecule has 0 aromatic heterocycles. The highest BCUT2D eigenvalue weighted by Crippen LogP contribution is 2.22. The summed E-state index contributed by atoms with van der Waals surface area (Å²) in [6.07, 6.45) is 4.52. The Morgan fingerprint density at radius 1 is 0.833 bits per heavy atom. The van der Waals surface area contributed by atoms with Crippen LogP contribution < -0.4 is 0 Å². The van der Waals surface area contributed by atoms with Crippen LogP contribution in [0.5, 0.6) is 0 Å². The quantitative estimate of drug-likeness (QED) is 0.595. The number of aliphatic hydroxyl groups is 1. The normalized spacial score (nSPS) is 27.5. The van der Waals surface area contributed by atoms with Gasteiger partial charge in [-0.25, -0.2) is 0 Å². The maximum Gasteiger partial charge on any atom is 0.0540 e. The summed E-state index contributed by atoms with van der Waals surface area (Å²) in [5.41, 5.74) is 0. The molecule has 1 saturated carbocycles. The molecule has 1 fully saturated rings. The van der Waals surface area contributed by atoms with Gasteiger partial charge >= 0.3 is 0 Å². The van der Waals surface area contributed by atoms with Crippen molar-refractivity contribution in [1.29, 1.82) is 0 Å². The van der Waals surface area contributed by atoms with Crippen molar-refractivity contribution in [1.82, 2.24) is 0 Å².